The molecule has 1 rings (SSSR count). The standard InChI is InChI=1S/C11H16N2O3S/c1-7(9-3-2-6-17-9)13-11(16)8(12)4-5-10(14)15/h2-3,6-8H,4-5,12H2,1H3,(H,13,16)(H,14,15)/t7-,8?/m1/s1. The van der Waals surface area contributed by atoms with Gasteiger partial charge in [-0.05, 0) is 24.8 Å². The van der Waals surface area contributed by atoms with E-state index in [-0.39, 0.29) is 24.8 Å². The van der Waals surface area contributed by atoms with Gasteiger partial charge in [-0.25, -0.2) is 0 Å². The van der Waals surface area contributed by atoms with E-state index < -0.39 is 12.0 Å². The molecule has 17 heavy (non-hydrogen) atoms. The zero-order valence-electron chi connectivity index (χ0n) is 9.55. The van der Waals surface area contributed by atoms with Crippen LogP contribution >= 0.6 is 11.3 Å². The molecule has 1 aromatic rings. The molecule has 5 nitrogen and oxygen atoms in total. The van der Waals surface area contributed by atoms with Crippen LogP contribution in [0, 0.1) is 0 Å². The van der Waals surface area contributed by atoms with Gasteiger partial charge in [-0.2, -0.15) is 0 Å². The zero-order valence-corrected chi connectivity index (χ0v) is 10.4. The molecule has 1 unspecified atom stereocenters. The summed E-state index contributed by atoms with van der Waals surface area (Å²) in [5.41, 5.74) is 5.60. The number of rotatable bonds is 6. The Morgan fingerprint density at radius 1 is 1.59 bits per heavy atom. The molecule has 2 atom stereocenters. The predicted molar refractivity (Wildman–Crippen MR) is 65.7 cm³/mol. The zero-order chi connectivity index (χ0) is 12.8. The summed E-state index contributed by atoms with van der Waals surface area (Å²) in [7, 11) is 0. The van der Waals surface area contributed by atoms with Gasteiger partial charge in [0.25, 0.3) is 0 Å². The van der Waals surface area contributed by atoms with Gasteiger partial charge in [0.2, 0.25) is 5.91 Å². The molecule has 1 heterocycles. The molecule has 0 aliphatic heterocycles. The summed E-state index contributed by atoms with van der Waals surface area (Å²) in [6, 6.07) is 2.97. The summed E-state index contributed by atoms with van der Waals surface area (Å²) in [6.45, 7) is 1.87. The number of carbonyl (C=O) groups excluding carboxylic acids is 1. The second-order valence-electron chi connectivity index (χ2n) is 3.78. The van der Waals surface area contributed by atoms with Gasteiger partial charge in [-0.3, -0.25) is 9.59 Å². The molecule has 0 spiro atoms. The van der Waals surface area contributed by atoms with Crippen LogP contribution in [0.4, 0.5) is 0 Å². The minimum Gasteiger partial charge on any atom is -0.481 e. The van der Waals surface area contributed by atoms with Crippen LogP contribution in [0.15, 0.2) is 17.5 Å². The third-order valence-electron chi connectivity index (χ3n) is 2.33. The number of hydrogen-bond acceptors (Lipinski definition) is 4. The van der Waals surface area contributed by atoms with Crippen LogP contribution in [0.25, 0.3) is 0 Å². The maximum Gasteiger partial charge on any atom is 0.303 e. The number of carboxylic acids is 1. The minimum atomic E-state index is -0.945. The number of hydrogen-bond donors (Lipinski definition) is 3. The Kier molecular flexibility index (Phi) is 5.11. The Labute approximate surface area is 104 Å². The number of aliphatic carboxylic acids is 1. The molecule has 4 N–H and O–H groups in total. The van der Waals surface area contributed by atoms with Crippen LogP contribution in [0.3, 0.4) is 0 Å². The smallest absolute Gasteiger partial charge is 0.303 e. The van der Waals surface area contributed by atoms with Gasteiger partial charge in [0, 0.05) is 11.3 Å². The Bertz CT molecular complexity index is 378. The highest BCUT2D eigenvalue weighted by molar-refractivity contribution is 7.10. The largest absolute Gasteiger partial charge is 0.481 e. The summed E-state index contributed by atoms with van der Waals surface area (Å²) in [6.07, 6.45) is 0.0558. The fourth-order valence-electron chi connectivity index (χ4n) is 1.34. The van der Waals surface area contributed by atoms with Gasteiger partial charge in [0.1, 0.15) is 0 Å². The first-order valence-electron chi connectivity index (χ1n) is 5.32. The van der Waals surface area contributed by atoms with Crippen molar-refractivity contribution < 1.29 is 14.7 Å². The van der Waals surface area contributed by atoms with Crippen LogP contribution in [-0.4, -0.2) is 23.0 Å². The van der Waals surface area contributed by atoms with Gasteiger partial charge in [0.15, 0.2) is 0 Å². The Morgan fingerprint density at radius 3 is 2.82 bits per heavy atom. The van der Waals surface area contributed by atoms with E-state index in [0.717, 1.165) is 4.88 Å². The maximum absolute atomic E-state index is 11.6. The second kappa shape index (κ2) is 6.36. The van der Waals surface area contributed by atoms with Crippen LogP contribution < -0.4 is 11.1 Å². The lowest BCUT2D eigenvalue weighted by molar-refractivity contribution is -0.137. The monoisotopic (exact) mass is 256 g/mol. The van der Waals surface area contributed by atoms with E-state index >= 15 is 0 Å². The van der Waals surface area contributed by atoms with Gasteiger partial charge in [0.05, 0.1) is 12.1 Å². The molecule has 0 radical (unpaired) electrons. The molecule has 0 saturated carbocycles. The van der Waals surface area contributed by atoms with Gasteiger partial charge < -0.3 is 16.2 Å². The molecule has 1 amide bonds. The minimum absolute atomic E-state index is 0.0953. The fraction of sp³-hybridized carbons (Fsp3) is 0.455. The van der Waals surface area contributed by atoms with Crippen molar-refractivity contribution >= 4 is 23.2 Å². The molecule has 6 heteroatoms. The first-order valence-corrected chi connectivity index (χ1v) is 6.20. The predicted octanol–water partition coefficient (Wildman–Crippen LogP) is 1.12. The quantitative estimate of drug-likeness (QED) is 0.711. The summed E-state index contributed by atoms with van der Waals surface area (Å²) < 4.78 is 0. The van der Waals surface area contributed by atoms with E-state index in [2.05, 4.69) is 5.32 Å². The first kappa shape index (κ1) is 13.7. The van der Waals surface area contributed by atoms with Crippen molar-refractivity contribution in [1.82, 2.24) is 5.32 Å². The van der Waals surface area contributed by atoms with Crippen molar-refractivity contribution in [3.63, 3.8) is 0 Å². The topological polar surface area (TPSA) is 92.4 Å². The summed E-state index contributed by atoms with van der Waals surface area (Å²) in [4.78, 5) is 23.0. The second-order valence-corrected chi connectivity index (χ2v) is 4.76. The van der Waals surface area contributed by atoms with Gasteiger partial charge in [-0.1, -0.05) is 6.07 Å². The Balaban J connectivity index is 2.40. The van der Waals surface area contributed by atoms with E-state index in [1.54, 1.807) is 11.3 Å². The van der Waals surface area contributed by atoms with Crippen LogP contribution in [0.5, 0.6) is 0 Å². The molecule has 0 aliphatic rings. The number of carboxylic acid groups (broad SMARTS) is 1. The van der Waals surface area contributed by atoms with Crippen molar-refractivity contribution in [3.05, 3.63) is 22.4 Å². The normalized spacial score (nSPS) is 14.0. The van der Waals surface area contributed by atoms with Crippen molar-refractivity contribution in [3.8, 4) is 0 Å². The van der Waals surface area contributed by atoms with Crippen LogP contribution in [0.1, 0.15) is 30.7 Å². The summed E-state index contributed by atoms with van der Waals surface area (Å²) in [5.74, 6) is -1.26. The van der Waals surface area contributed by atoms with Crippen molar-refractivity contribution in [2.45, 2.75) is 31.8 Å². The fourth-order valence-corrected chi connectivity index (χ4v) is 2.07. The lowest BCUT2D eigenvalue weighted by atomic mass is 10.1. The lowest BCUT2D eigenvalue weighted by Gasteiger charge is -2.16. The molecular weight excluding hydrogens is 240 g/mol. The van der Waals surface area contributed by atoms with E-state index in [4.69, 9.17) is 10.8 Å². The van der Waals surface area contributed by atoms with E-state index in [0.29, 0.717) is 0 Å². The number of nitrogens with two attached hydrogens (primary N) is 1. The molecular formula is C11H16N2O3S. The number of nitrogens with one attached hydrogen (secondary N) is 1. The third kappa shape index (κ3) is 4.54. The number of carbonyl (C=O) groups is 2. The van der Waals surface area contributed by atoms with Gasteiger partial charge >= 0.3 is 5.97 Å². The van der Waals surface area contributed by atoms with Crippen molar-refractivity contribution in [2.24, 2.45) is 5.73 Å². The van der Waals surface area contributed by atoms with Crippen LogP contribution in [-0.2, 0) is 9.59 Å². The highest BCUT2D eigenvalue weighted by atomic mass is 32.1. The average molecular weight is 256 g/mol. The average Bonchev–Trinajstić information content (AvgIpc) is 2.78. The van der Waals surface area contributed by atoms with Crippen molar-refractivity contribution in [1.29, 1.82) is 0 Å². The Hall–Kier alpha value is -1.40. The number of amides is 1. The molecule has 0 fully saturated rings. The SMILES string of the molecule is C[C@@H](NC(=O)C(N)CCC(=O)O)c1cccs1. The molecule has 0 aliphatic carbocycles. The molecule has 0 aromatic carbocycles. The molecule has 94 valence electrons. The molecule has 0 bridgehead atoms. The summed E-state index contributed by atoms with van der Waals surface area (Å²) >= 11 is 1.55. The molecule has 0 saturated heterocycles. The number of thiophene rings is 1. The highest BCUT2D eigenvalue weighted by Crippen LogP contribution is 2.18. The third-order valence-corrected chi connectivity index (χ3v) is 3.39. The van der Waals surface area contributed by atoms with E-state index in [9.17, 15) is 9.59 Å². The maximum atomic E-state index is 11.6. The van der Waals surface area contributed by atoms with E-state index in [1.807, 2.05) is 24.4 Å². The van der Waals surface area contributed by atoms with Crippen molar-refractivity contribution in [2.75, 3.05) is 0 Å². The van der Waals surface area contributed by atoms with Crippen LogP contribution in [0.2, 0.25) is 0 Å². The summed E-state index contributed by atoms with van der Waals surface area (Å²) in [5, 5.41) is 13.2. The van der Waals surface area contributed by atoms with E-state index in [1.165, 1.54) is 0 Å². The molecule has 1 aromatic heterocycles. The van der Waals surface area contributed by atoms with Gasteiger partial charge in [-0.15, -0.1) is 11.3 Å². The highest BCUT2D eigenvalue weighted by Gasteiger charge is 2.17. The lowest BCUT2D eigenvalue weighted by Crippen LogP contribution is -2.41. The first-order chi connectivity index (χ1) is 8.00. The Morgan fingerprint density at radius 2 is 2.29 bits per heavy atom.